The van der Waals surface area contributed by atoms with Gasteiger partial charge in [-0.2, -0.15) is 0 Å². The van der Waals surface area contributed by atoms with Crippen LogP contribution in [0.1, 0.15) is 58.1 Å². The van der Waals surface area contributed by atoms with E-state index in [2.05, 4.69) is 52.0 Å². The normalized spacial score (nSPS) is 13.6. The molecule has 1 atom stereocenters. The number of hydrogen-bond acceptors (Lipinski definition) is 1. The van der Waals surface area contributed by atoms with Crippen molar-refractivity contribution in [2.24, 2.45) is 11.8 Å². The highest BCUT2D eigenvalue weighted by Crippen LogP contribution is 2.31. The monoisotopic (exact) mass is 248 g/mol. The van der Waals surface area contributed by atoms with Crippen molar-refractivity contribution in [2.75, 3.05) is 0 Å². The van der Waals surface area contributed by atoms with E-state index >= 15 is 0 Å². The van der Waals surface area contributed by atoms with E-state index in [0.29, 0.717) is 17.8 Å². The van der Waals surface area contributed by atoms with Crippen molar-refractivity contribution in [1.29, 1.82) is 0 Å². The van der Waals surface area contributed by atoms with Gasteiger partial charge >= 0.3 is 0 Å². The van der Waals surface area contributed by atoms with Crippen LogP contribution in [0.5, 0.6) is 0 Å². The molecule has 0 fully saturated rings. The lowest BCUT2D eigenvalue weighted by atomic mass is 9.80. The summed E-state index contributed by atoms with van der Waals surface area (Å²) in [5, 5.41) is 9.30. The summed E-state index contributed by atoms with van der Waals surface area (Å²) < 4.78 is 0. The second-order valence-electron chi connectivity index (χ2n) is 6.14. The summed E-state index contributed by atoms with van der Waals surface area (Å²) in [6.45, 7) is 11.0. The standard InChI is InChI=1S/C17H28O/c1-12(2)17(13(3)4)16-10-8-15(9-11-16)7-6-14(5)18/h8-14,17-18H,6-7H2,1-5H3. The molecule has 1 nitrogen and oxygen atoms in total. The largest absolute Gasteiger partial charge is 0.393 e. The number of aryl methyl sites for hydroxylation is 1. The molecular weight excluding hydrogens is 220 g/mol. The van der Waals surface area contributed by atoms with Gasteiger partial charge in [-0.05, 0) is 48.6 Å². The smallest absolute Gasteiger partial charge is 0.0515 e. The van der Waals surface area contributed by atoms with Crippen LogP contribution >= 0.6 is 0 Å². The molecule has 1 heteroatoms. The third-order valence-electron chi connectivity index (χ3n) is 3.65. The van der Waals surface area contributed by atoms with Crippen molar-refractivity contribution < 1.29 is 5.11 Å². The Morgan fingerprint density at radius 3 is 1.78 bits per heavy atom. The number of rotatable bonds is 6. The zero-order chi connectivity index (χ0) is 13.7. The van der Waals surface area contributed by atoms with E-state index in [1.807, 2.05) is 6.92 Å². The molecule has 1 aromatic rings. The van der Waals surface area contributed by atoms with Crippen LogP contribution in [0.15, 0.2) is 24.3 Å². The minimum atomic E-state index is -0.205. The maximum absolute atomic E-state index is 9.30. The Hall–Kier alpha value is -0.820. The Kier molecular flexibility index (Phi) is 5.87. The predicted molar refractivity (Wildman–Crippen MR) is 78.9 cm³/mol. The number of hydrogen-bond donors (Lipinski definition) is 1. The molecule has 1 rings (SSSR count). The van der Waals surface area contributed by atoms with Gasteiger partial charge in [-0.15, -0.1) is 0 Å². The van der Waals surface area contributed by atoms with Crippen LogP contribution in [-0.4, -0.2) is 11.2 Å². The fourth-order valence-corrected chi connectivity index (χ4v) is 2.82. The van der Waals surface area contributed by atoms with E-state index in [1.165, 1.54) is 11.1 Å². The molecule has 0 aliphatic rings. The Labute approximate surface area is 112 Å². The minimum absolute atomic E-state index is 0.205. The molecule has 0 aliphatic carbocycles. The average molecular weight is 248 g/mol. The van der Waals surface area contributed by atoms with Crippen molar-refractivity contribution in [3.05, 3.63) is 35.4 Å². The average Bonchev–Trinajstić information content (AvgIpc) is 2.27. The van der Waals surface area contributed by atoms with Gasteiger partial charge in [-0.3, -0.25) is 0 Å². The first kappa shape index (κ1) is 15.2. The zero-order valence-corrected chi connectivity index (χ0v) is 12.5. The molecule has 0 heterocycles. The molecule has 0 saturated heterocycles. The molecule has 0 amide bonds. The van der Waals surface area contributed by atoms with Crippen LogP contribution in [-0.2, 0) is 6.42 Å². The molecule has 0 aromatic heterocycles. The highest BCUT2D eigenvalue weighted by atomic mass is 16.3. The second kappa shape index (κ2) is 6.94. The molecule has 102 valence electrons. The maximum Gasteiger partial charge on any atom is 0.0515 e. The summed E-state index contributed by atoms with van der Waals surface area (Å²) in [6.07, 6.45) is 1.60. The van der Waals surface area contributed by atoms with Crippen molar-refractivity contribution in [2.45, 2.75) is 59.5 Å². The van der Waals surface area contributed by atoms with E-state index in [0.717, 1.165) is 12.8 Å². The summed E-state index contributed by atoms with van der Waals surface area (Å²) in [5.41, 5.74) is 2.77. The Bertz CT molecular complexity index is 327. The Balaban J connectivity index is 2.74. The van der Waals surface area contributed by atoms with Gasteiger partial charge in [-0.25, -0.2) is 0 Å². The zero-order valence-electron chi connectivity index (χ0n) is 12.5. The first-order valence-electron chi connectivity index (χ1n) is 7.18. The van der Waals surface area contributed by atoms with Crippen molar-refractivity contribution in [3.8, 4) is 0 Å². The molecule has 0 radical (unpaired) electrons. The lowest BCUT2D eigenvalue weighted by Crippen LogP contribution is -2.13. The fraction of sp³-hybridized carbons (Fsp3) is 0.647. The van der Waals surface area contributed by atoms with Crippen LogP contribution in [0.3, 0.4) is 0 Å². The third kappa shape index (κ3) is 4.45. The summed E-state index contributed by atoms with van der Waals surface area (Å²) in [4.78, 5) is 0. The Morgan fingerprint density at radius 1 is 0.889 bits per heavy atom. The van der Waals surface area contributed by atoms with Crippen LogP contribution < -0.4 is 0 Å². The molecule has 18 heavy (non-hydrogen) atoms. The topological polar surface area (TPSA) is 20.2 Å². The maximum atomic E-state index is 9.30. The van der Waals surface area contributed by atoms with E-state index in [4.69, 9.17) is 0 Å². The lowest BCUT2D eigenvalue weighted by molar-refractivity contribution is 0.185. The highest BCUT2D eigenvalue weighted by molar-refractivity contribution is 5.26. The number of aliphatic hydroxyl groups is 1. The number of benzene rings is 1. The molecule has 0 aliphatic heterocycles. The van der Waals surface area contributed by atoms with E-state index < -0.39 is 0 Å². The summed E-state index contributed by atoms with van der Waals surface area (Å²) in [6, 6.07) is 8.97. The van der Waals surface area contributed by atoms with Crippen molar-refractivity contribution >= 4 is 0 Å². The van der Waals surface area contributed by atoms with Gasteiger partial charge in [-0.1, -0.05) is 52.0 Å². The van der Waals surface area contributed by atoms with Crippen molar-refractivity contribution in [1.82, 2.24) is 0 Å². The van der Waals surface area contributed by atoms with E-state index in [-0.39, 0.29) is 6.10 Å². The van der Waals surface area contributed by atoms with Crippen molar-refractivity contribution in [3.63, 3.8) is 0 Å². The van der Waals surface area contributed by atoms with Crippen LogP contribution in [0.4, 0.5) is 0 Å². The lowest BCUT2D eigenvalue weighted by Gasteiger charge is -2.25. The molecule has 1 N–H and O–H groups in total. The second-order valence-corrected chi connectivity index (χ2v) is 6.14. The number of aliphatic hydroxyl groups excluding tert-OH is 1. The first-order chi connectivity index (χ1) is 8.41. The SMILES string of the molecule is CC(O)CCc1ccc(C(C(C)C)C(C)C)cc1. The summed E-state index contributed by atoms with van der Waals surface area (Å²) in [7, 11) is 0. The van der Waals surface area contributed by atoms with E-state index in [9.17, 15) is 5.11 Å². The molecule has 1 unspecified atom stereocenters. The van der Waals surface area contributed by atoms with Gasteiger partial charge in [0, 0.05) is 0 Å². The minimum Gasteiger partial charge on any atom is -0.393 e. The van der Waals surface area contributed by atoms with Gasteiger partial charge in [0.2, 0.25) is 0 Å². The quantitative estimate of drug-likeness (QED) is 0.791. The molecule has 0 bridgehead atoms. The third-order valence-corrected chi connectivity index (χ3v) is 3.65. The molecule has 1 aromatic carbocycles. The highest BCUT2D eigenvalue weighted by Gasteiger charge is 2.19. The summed E-state index contributed by atoms with van der Waals surface area (Å²) >= 11 is 0. The van der Waals surface area contributed by atoms with Crippen LogP contribution in [0, 0.1) is 11.8 Å². The van der Waals surface area contributed by atoms with Gasteiger partial charge in [0.15, 0.2) is 0 Å². The van der Waals surface area contributed by atoms with Gasteiger partial charge in [0.05, 0.1) is 6.10 Å². The molecule has 0 spiro atoms. The van der Waals surface area contributed by atoms with Crippen LogP contribution in [0.25, 0.3) is 0 Å². The molecular formula is C17H28O. The predicted octanol–water partition coefficient (Wildman–Crippen LogP) is 4.40. The summed E-state index contributed by atoms with van der Waals surface area (Å²) in [5.74, 6) is 1.98. The first-order valence-corrected chi connectivity index (χ1v) is 7.18. The van der Waals surface area contributed by atoms with E-state index in [1.54, 1.807) is 0 Å². The van der Waals surface area contributed by atoms with Crippen LogP contribution in [0.2, 0.25) is 0 Å². The van der Waals surface area contributed by atoms with Gasteiger partial charge in [0.1, 0.15) is 0 Å². The fourth-order valence-electron chi connectivity index (χ4n) is 2.82. The van der Waals surface area contributed by atoms with Gasteiger partial charge in [0.25, 0.3) is 0 Å². The van der Waals surface area contributed by atoms with Gasteiger partial charge < -0.3 is 5.11 Å². The Morgan fingerprint density at radius 2 is 1.39 bits per heavy atom. The molecule has 0 saturated carbocycles.